The molecule has 9 heteroatoms. The SMILES string of the molecule is O=C(CO)[C@H](O)[C@H](O)COP(=O)(O)O. The molecule has 0 aliphatic heterocycles. The Morgan fingerprint density at radius 1 is 1.36 bits per heavy atom. The highest BCUT2D eigenvalue weighted by atomic mass is 31.2. The smallest absolute Gasteiger partial charge is 0.388 e. The first-order valence-corrected chi connectivity index (χ1v) is 5.00. The fourth-order valence-corrected chi connectivity index (χ4v) is 0.920. The maximum absolute atomic E-state index is 10.6. The van der Waals surface area contributed by atoms with Gasteiger partial charge in [0.15, 0.2) is 5.78 Å². The number of ketones is 1. The van der Waals surface area contributed by atoms with E-state index in [0.717, 1.165) is 0 Å². The molecule has 0 rings (SSSR count). The molecule has 84 valence electrons. The van der Waals surface area contributed by atoms with E-state index in [1.54, 1.807) is 0 Å². The summed E-state index contributed by atoms with van der Waals surface area (Å²) in [6, 6.07) is 0. The number of hydrogen-bond acceptors (Lipinski definition) is 6. The van der Waals surface area contributed by atoms with Crippen molar-refractivity contribution < 1.29 is 39.0 Å². The molecule has 0 unspecified atom stereocenters. The molecule has 0 aliphatic carbocycles. The lowest BCUT2D eigenvalue weighted by molar-refractivity contribution is -0.137. The van der Waals surface area contributed by atoms with Gasteiger partial charge in [-0.2, -0.15) is 0 Å². The van der Waals surface area contributed by atoms with Crippen molar-refractivity contribution in [1.29, 1.82) is 0 Å². The Labute approximate surface area is 79.0 Å². The van der Waals surface area contributed by atoms with Crippen molar-refractivity contribution in [3.05, 3.63) is 0 Å². The van der Waals surface area contributed by atoms with E-state index in [1.807, 2.05) is 0 Å². The molecule has 0 aromatic rings. The first kappa shape index (κ1) is 13.7. The lowest BCUT2D eigenvalue weighted by Gasteiger charge is -2.15. The predicted molar refractivity (Wildman–Crippen MR) is 42.1 cm³/mol. The largest absolute Gasteiger partial charge is 0.469 e. The molecule has 0 fully saturated rings. The van der Waals surface area contributed by atoms with Crippen LogP contribution in [0.4, 0.5) is 0 Å². The summed E-state index contributed by atoms with van der Waals surface area (Å²) in [6.07, 6.45) is -3.71. The minimum Gasteiger partial charge on any atom is -0.388 e. The van der Waals surface area contributed by atoms with Crippen LogP contribution in [0, 0.1) is 0 Å². The van der Waals surface area contributed by atoms with Gasteiger partial charge in [-0.3, -0.25) is 9.32 Å². The molecule has 0 aliphatic rings. The van der Waals surface area contributed by atoms with Gasteiger partial charge in [-0.15, -0.1) is 0 Å². The molecule has 0 aromatic carbocycles. The predicted octanol–water partition coefficient (Wildman–Crippen LogP) is -2.62. The van der Waals surface area contributed by atoms with Crippen LogP contribution in [-0.2, 0) is 13.9 Å². The molecule has 0 saturated heterocycles. The summed E-state index contributed by atoms with van der Waals surface area (Å²) in [4.78, 5) is 27.0. The minimum absolute atomic E-state index is 0.906. The van der Waals surface area contributed by atoms with E-state index in [1.165, 1.54) is 0 Å². The van der Waals surface area contributed by atoms with Gasteiger partial charge in [-0.05, 0) is 0 Å². The van der Waals surface area contributed by atoms with Crippen LogP contribution in [0.15, 0.2) is 0 Å². The van der Waals surface area contributed by atoms with E-state index < -0.39 is 39.0 Å². The molecular weight excluding hydrogens is 219 g/mol. The summed E-state index contributed by atoms with van der Waals surface area (Å²) >= 11 is 0. The Balaban J connectivity index is 4.02. The first-order chi connectivity index (χ1) is 6.28. The van der Waals surface area contributed by atoms with Crippen molar-refractivity contribution in [2.75, 3.05) is 13.2 Å². The normalized spacial score (nSPS) is 16.4. The zero-order valence-electron chi connectivity index (χ0n) is 6.98. The quantitative estimate of drug-likeness (QED) is 0.312. The molecule has 0 amide bonds. The molecule has 5 N–H and O–H groups in total. The number of phosphoric acid groups is 1. The van der Waals surface area contributed by atoms with Crippen LogP contribution in [0.1, 0.15) is 0 Å². The van der Waals surface area contributed by atoms with Gasteiger partial charge in [0.2, 0.25) is 0 Å². The van der Waals surface area contributed by atoms with Crippen molar-refractivity contribution in [3.8, 4) is 0 Å². The van der Waals surface area contributed by atoms with Crippen molar-refractivity contribution >= 4 is 13.6 Å². The zero-order chi connectivity index (χ0) is 11.4. The first-order valence-electron chi connectivity index (χ1n) is 3.47. The standard InChI is InChI=1S/C5H11O8P/c6-1-3(7)5(9)4(8)2-13-14(10,11)12/h4-6,8-9H,1-2H2,(H2,10,11,12)/t4-,5+/m1/s1. The monoisotopic (exact) mass is 230 g/mol. The minimum atomic E-state index is -4.74. The maximum Gasteiger partial charge on any atom is 0.469 e. The summed E-state index contributed by atoms with van der Waals surface area (Å²) in [5.74, 6) is -1.06. The fraction of sp³-hybridized carbons (Fsp3) is 0.800. The molecular formula is C5H11O8P. The van der Waals surface area contributed by atoms with Gasteiger partial charge < -0.3 is 25.1 Å². The van der Waals surface area contributed by atoms with Crippen LogP contribution < -0.4 is 0 Å². The van der Waals surface area contributed by atoms with Crippen molar-refractivity contribution in [2.24, 2.45) is 0 Å². The summed E-state index contributed by atoms with van der Waals surface area (Å²) in [5.41, 5.74) is 0. The number of phosphoric ester groups is 1. The molecule has 2 atom stereocenters. The van der Waals surface area contributed by atoms with Crippen LogP contribution in [-0.4, -0.2) is 56.3 Å². The number of hydrogen-bond donors (Lipinski definition) is 5. The number of carbonyl (C=O) groups excluding carboxylic acids is 1. The third-order valence-electron chi connectivity index (χ3n) is 1.26. The molecule has 0 spiro atoms. The third-order valence-corrected chi connectivity index (χ3v) is 1.75. The van der Waals surface area contributed by atoms with E-state index >= 15 is 0 Å². The second-order valence-electron chi connectivity index (χ2n) is 2.42. The van der Waals surface area contributed by atoms with E-state index in [4.69, 9.17) is 25.1 Å². The summed E-state index contributed by atoms with van der Waals surface area (Å²) in [7, 11) is -4.74. The third kappa shape index (κ3) is 5.40. The van der Waals surface area contributed by atoms with E-state index in [-0.39, 0.29) is 0 Å². The highest BCUT2D eigenvalue weighted by Gasteiger charge is 2.26. The maximum atomic E-state index is 10.6. The number of rotatable bonds is 6. The van der Waals surface area contributed by atoms with Gasteiger partial charge in [-0.1, -0.05) is 0 Å². The van der Waals surface area contributed by atoms with Gasteiger partial charge in [0, 0.05) is 0 Å². The van der Waals surface area contributed by atoms with Crippen LogP contribution in [0.25, 0.3) is 0 Å². The average Bonchev–Trinajstić information content (AvgIpc) is 2.10. The second-order valence-corrected chi connectivity index (χ2v) is 3.66. The molecule has 0 bridgehead atoms. The lowest BCUT2D eigenvalue weighted by atomic mass is 10.1. The highest BCUT2D eigenvalue weighted by Crippen LogP contribution is 2.35. The zero-order valence-corrected chi connectivity index (χ0v) is 7.87. The van der Waals surface area contributed by atoms with Gasteiger partial charge in [0.1, 0.15) is 18.8 Å². The van der Waals surface area contributed by atoms with Crippen molar-refractivity contribution in [1.82, 2.24) is 0 Å². The molecule has 0 saturated carbocycles. The van der Waals surface area contributed by atoms with Crippen molar-refractivity contribution in [3.63, 3.8) is 0 Å². The second kappa shape index (κ2) is 5.52. The summed E-state index contributed by atoms with van der Waals surface area (Å²) in [6.45, 7) is -1.88. The van der Waals surface area contributed by atoms with Crippen LogP contribution in [0.3, 0.4) is 0 Å². The Morgan fingerprint density at radius 3 is 2.21 bits per heavy atom. The van der Waals surface area contributed by atoms with Gasteiger partial charge in [0.05, 0.1) is 6.61 Å². The molecule has 8 nitrogen and oxygen atoms in total. The van der Waals surface area contributed by atoms with Crippen LogP contribution >= 0.6 is 7.82 Å². The Hall–Kier alpha value is -0.340. The van der Waals surface area contributed by atoms with Crippen molar-refractivity contribution in [2.45, 2.75) is 12.2 Å². The Kier molecular flexibility index (Phi) is 5.38. The Morgan fingerprint density at radius 2 is 1.86 bits per heavy atom. The molecule has 0 radical (unpaired) electrons. The number of aliphatic hydroxyl groups is 3. The van der Waals surface area contributed by atoms with E-state index in [9.17, 15) is 9.36 Å². The summed E-state index contributed by atoms with van der Waals surface area (Å²) in [5, 5.41) is 26.1. The van der Waals surface area contributed by atoms with Crippen LogP contribution in [0.2, 0.25) is 0 Å². The number of Topliss-reactive ketones (excluding diaryl/α,β-unsaturated/α-hetero) is 1. The molecule has 0 aromatic heterocycles. The number of aliphatic hydroxyl groups excluding tert-OH is 3. The van der Waals surface area contributed by atoms with Gasteiger partial charge in [0.25, 0.3) is 0 Å². The number of carbonyl (C=O) groups is 1. The fourth-order valence-electron chi connectivity index (χ4n) is 0.573. The van der Waals surface area contributed by atoms with E-state index in [0.29, 0.717) is 0 Å². The Bertz CT molecular complexity index is 234. The highest BCUT2D eigenvalue weighted by molar-refractivity contribution is 7.46. The van der Waals surface area contributed by atoms with Gasteiger partial charge in [-0.25, -0.2) is 4.57 Å². The van der Waals surface area contributed by atoms with Gasteiger partial charge >= 0.3 is 7.82 Å². The molecule has 0 heterocycles. The summed E-state index contributed by atoms with van der Waals surface area (Å²) < 4.78 is 14.0. The van der Waals surface area contributed by atoms with Crippen LogP contribution in [0.5, 0.6) is 0 Å². The topological polar surface area (TPSA) is 145 Å². The lowest BCUT2D eigenvalue weighted by Crippen LogP contribution is -2.38. The molecule has 14 heavy (non-hydrogen) atoms. The van der Waals surface area contributed by atoms with E-state index in [2.05, 4.69) is 4.52 Å². The average molecular weight is 230 g/mol.